The lowest BCUT2D eigenvalue weighted by Gasteiger charge is -2.34. The molecule has 1 aromatic rings. The van der Waals surface area contributed by atoms with Crippen LogP contribution in [0.3, 0.4) is 0 Å². The molecular formula is C12H17BrN2S. The van der Waals surface area contributed by atoms with Crippen LogP contribution in [0.1, 0.15) is 23.8 Å². The first-order valence-corrected chi connectivity index (χ1v) is 7.70. The van der Waals surface area contributed by atoms with Gasteiger partial charge in [0.25, 0.3) is 0 Å². The number of rotatable bonds is 3. The van der Waals surface area contributed by atoms with Gasteiger partial charge in [0.05, 0.1) is 0 Å². The van der Waals surface area contributed by atoms with Gasteiger partial charge in [-0.1, -0.05) is 0 Å². The quantitative estimate of drug-likeness (QED) is 0.923. The third-order valence-corrected chi connectivity index (χ3v) is 5.26. The van der Waals surface area contributed by atoms with Crippen LogP contribution in [0.15, 0.2) is 15.9 Å². The van der Waals surface area contributed by atoms with Gasteiger partial charge in [0.1, 0.15) is 0 Å². The van der Waals surface area contributed by atoms with Crippen molar-refractivity contribution >= 4 is 27.3 Å². The van der Waals surface area contributed by atoms with Gasteiger partial charge in [-0.25, -0.2) is 0 Å². The minimum atomic E-state index is 0.693. The first-order valence-electron chi connectivity index (χ1n) is 6.03. The van der Waals surface area contributed by atoms with E-state index >= 15 is 0 Å². The molecule has 0 spiro atoms. The number of piperazine rings is 1. The minimum absolute atomic E-state index is 0.693. The van der Waals surface area contributed by atoms with Crippen LogP contribution in [-0.2, 0) is 0 Å². The largest absolute Gasteiger partial charge is 0.314 e. The summed E-state index contributed by atoms with van der Waals surface area (Å²) in [6.07, 6.45) is 2.84. The summed E-state index contributed by atoms with van der Waals surface area (Å²) in [4.78, 5) is 4.23. The first kappa shape index (κ1) is 11.2. The minimum Gasteiger partial charge on any atom is -0.314 e. The summed E-state index contributed by atoms with van der Waals surface area (Å²) in [5.41, 5.74) is 0. The van der Waals surface area contributed by atoms with Crippen molar-refractivity contribution in [2.24, 2.45) is 5.92 Å². The van der Waals surface area contributed by atoms with Crippen molar-refractivity contribution in [3.63, 3.8) is 0 Å². The Labute approximate surface area is 109 Å². The molecule has 1 saturated carbocycles. The summed E-state index contributed by atoms with van der Waals surface area (Å²) >= 11 is 5.48. The van der Waals surface area contributed by atoms with Crippen molar-refractivity contribution in [3.05, 3.63) is 20.8 Å². The number of hydrogen-bond donors (Lipinski definition) is 1. The van der Waals surface area contributed by atoms with E-state index in [0.717, 1.165) is 19.0 Å². The molecule has 1 atom stereocenters. The van der Waals surface area contributed by atoms with E-state index in [9.17, 15) is 0 Å². The fourth-order valence-electron chi connectivity index (χ4n) is 2.57. The van der Waals surface area contributed by atoms with E-state index in [1.165, 1.54) is 30.4 Å². The molecule has 2 fully saturated rings. The number of halogens is 1. The maximum atomic E-state index is 3.57. The predicted octanol–water partition coefficient (Wildman–Crippen LogP) is 2.87. The summed E-state index contributed by atoms with van der Waals surface area (Å²) < 4.78 is 1.24. The molecule has 0 radical (unpaired) electrons. The fourth-order valence-corrected chi connectivity index (χ4v) is 4.24. The first-order chi connectivity index (χ1) is 7.84. The van der Waals surface area contributed by atoms with Gasteiger partial charge < -0.3 is 5.32 Å². The topological polar surface area (TPSA) is 15.3 Å². The van der Waals surface area contributed by atoms with Gasteiger partial charge in [-0.15, -0.1) is 11.3 Å². The molecule has 2 aliphatic rings. The van der Waals surface area contributed by atoms with Gasteiger partial charge >= 0.3 is 0 Å². The molecular weight excluding hydrogens is 284 g/mol. The molecule has 4 heteroatoms. The average molecular weight is 301 g/mol. The van der Waals surface area contributed by atoms with E-state index < -0.39 is 0 Å². The maximum Gasteiger partial charge on any atom is 0.0471 e. The highest BCUT2D eigenvalue weighted by Gasteiger charge is 2.37. The Hall–Kier alpha value is 0.1000. The van der Waals surface area contributed by atoms with Crippen LogP contribution in [0.2, 0.25) is 0 Å². The van der Waals surface area contributed by atoms with Gasteiger partial charge in [-0.3, -0.25) is 4.90 Å². The number of hydrogen-bond acceptors (Lipinski definition) is 3. The molecule has 1 aromatic heterocycles. The molecule has 2 nitrogen and oxygen atoms in total. The highest BCUT2D eigenvalue weighted by molar-refractivity contribution is 9.10. The number of nitrogens with zero attached hydrogens (tertiary/aromatic N) is 1. The maximum absolute atomic E-state index is 3.57. The lowest BCUT2D eigenvalue weighted by Crippen LogP contribution is -2.45. The Balaban J connectivity index is 1.79. The second kappa shape index (κ2) is 4.77. The predicted molar refractivity (Wildman–Crippen MR) is 71.9 cm³/mol. The summed E-state index contributed by atoms with van der Waals surface area (Å²) in [6, 6.07) is 3.01. The second-order valence-electron chi connectivity index (χ2n) is 4.74. The highest BCUT2D eigenvalue weighted by atomic mass is 79.9. The summed E-state index contributed by atoms with van der Waals surface area (Å²) in [7, 11) is 0. The lowest BCUT2D eigenvalue weighted by atomic mass is 10.1. The van der Waals surface area contributed by atoms with E-state index in [1.54, 1.807) is 4.88 Å². The molecule has 3 rings (SSSR count). The molecule has 1 saturated heterocycles. The normalized spacial score (nSPS) is 24.6. The van der Waals surface area contributed by atoms with E-state index in [0.29, 0.717) is 6.04 Å². The Kier molecular flexibility index (Phi) is 3.34. The van der Waals surface area contributed by atoms with Crippen LogP contribution in [-0.4, -0.2) is 31.1 Å². The molecule has 16 heavy (non-hydrogen) atoms. The van der Waals surface area contributed by atoms with Crippen LogP contribution in [0.5, 0.6) is 0 Å². The lowest BCUT2D eigenvalue weighted by molar-refractivity contribution is 0.158. The average Bonchev–Trinajstić information content (AvgIpc) is 3.04. The summed E-state index contributed by atoms with van der Waals surface area (Å²) in [5.74, 6) is 0.920. The van der Waals surface area contributed by atoms with Gasteiger partial charge in [-0.2, -0.15) is 0 Å². The van der Waals surface area contributed by atoms with E-state index in [2.05, 4.69) is 37.6 Å². The van der Waals surface area contributed by atoms with Crippen molar-refractivity contribution in [1.82, 2.24) is 10.2 Å². The Morgan fingerprint density at radius 1 is 1.38 bits per heavy atom. The van der Waals surface area contributed by atoms with Crippen LogP contribution in [0, 0.1) is 5.92 Å². The Bertz CT molecular complexity index is 356. The van der Waals surface area contributed by atoms with Crippen LogP contribution >= 0.6 is 27.3 Å². The van der Waals surface area contributed by atoms with Crippen LogP contribution < -0.4 is 5.32 Å². The molecule has 2 heterocycles. The van der Waals surface area contributed by atoms with Crippen molar-refractivity contribution in [1.29, 1.82) is 0 Å². The molecule has 0 aromatic carbocycles. The molecule has 0 bridgehead atoms. The van der Waals surface area contributed by atoms with E-state index in [4.69, 9.17) is 0 Å². The van der Waals surface area contributed by atoms with Gasteiger partial charge in [0.2, 0.25) is 0 Å². The fraction of sp³-hybridized carbons (Fsp3) is 0.667. The molecule has 1 aliphatic carbocycles. The van der Waals surface area contributed by atoms with E-state index in [1.807, 2.05) is 11.3 Å². The smallest absolute Gasteiger partial charge is 0.0471 e. The summed E-state index contributed by atoms with van der Waals surface area (Å²) in [5, 5.41) is 5.65. The van der Waals surface area contributed by atoms with Crippen molar-refractivity contribution in [3.8, 4) is 0 Å². The number of thiophene rings is 1. The number of nitrogens with one attached hydrogen (secondary N) is 1. The monoisotopic (exact) mass is 300 g/mol. The Morgan fingerprint density at radius 2 is 2.12 bits per heavy atom. The van der Waals surface area contributed by atoms with Crippen molar-refractivity contribution in [2.45, 2.75) is 18.9 Å². The molecule has 1 N–H and O–H groups in total. The molecule has 0 unspecified atom stereocenters. The zero-order valence-electron chi connectivity index (χ0n) is 9.29. The zero-order chi connectivity index (χ0) is 11.0. The van der Waals surface area contributed by atoms with Crippen LogP contribution in [0.4, 0.5) is 0 Å². The van der Waals surface area contributed by atoms with Gasteiger partial charge in [0, 0.05) is 47.0 Å². The van der Waals surface area contributed by atoms with Crippen molar-refractivity contribution < 1.29 is 0 Å². The molecule has 1 aliphatic heterocycles. The molecule has 88 valence electrons. The molecule has 0 amide bonds. The van der Waals surface area contributed by atoms with Gasteiger partial charge in [-0.05, 0) is 40.8 Å². The van der Waals surface area contributed by atoms with Crippen molar-refractivity contribution in [2.75, 3.05) is 26.2 Å². The van der Waals surface area contributed by atoms with E-state index in [-0.39, 0.29) is 0 Å². The Morgan fingerprint density at radius 3 is 2.69 bits per heavy atom. The highest BCUT2D eigenvalue weighted by Crippen LogP contribution is 2.46. The zero-order valence-corrected chi connectivity index (χ0v) is 11.7. The third-order valence-electron chi connectivity index (χ3n) is 3.49. The standard InChI is InChI=1S/C12H17BrN2S/c13-10-7-11(16-8-10)12(9-1-2-9)15-5-3-14-4-6-15/h7-9,12,14H,1-6H2/t12-/m0/s1. The van der Waals surface area contributed by atoms with Crippen LogP contribution in [0.25, 0.3) is 0 Å². The third kappa shape index (κ3) is 2.35. The summed E-state index contributed by atoms with van der Waals surface area (Å²) in [6.45, 7) is 4.71. The second-order valence-corrected chi connectivity index (χ2v) is 6.59. The van der Waals surface area contributed by atoms with Gasteiger partial charge in [0.15, 0.2) is 0 Å². The SMILES string of the molecule is Brc1csc([C@H](C2CC2)N2CCNCC2)c1.